The Bertz CT molecular complexity index is 1110. The van der Waals surface area contributed by atoms with Gasteiger partial charge in [0.1, 0.15) is 24.7 Å². The van der Waals surface area contributed by atoms with Gasteiger partial charge in [-0.05, 0) is 47.5 Å². The number of ether oxygens (including phenoxy) is 4. The van der Waals surface area contributed by atoms with Gasteiger partial charge in [-0.15, -0.1) is 0 Å². The van der Waals surface area contributed by atoms with Crippen LogP contribution in [0, 0.1) is 0 Å². The molecular weight excluding hydrogens is 516 g/mol. The van der Waals surface area contributed by atoms with Crippen molar-refractivity contribution in [2.24, 2.45) is 0 Å². The molecule has 40 heavy (non-hydrogen) atoms. The number of benzene rings is 2. The van der Waals surface area contributed by atoms with Crippen molar-refractivity contribution in [3.05, 3.63) is 97.1 Å². The standard InChI is InChI=1S/C30H32N2O8/c1-3-19-37-25-11-5-23(6-12-25)9-15-29(35)39-21-27(33)31-17-18-32-28(34)22-40-30(36)16-10-24-7-13-26(14-8-24)38-20-4-2/h3-16H,1-2,17-22H2,(H,31,33)(H,32,34)/b15-9+,16-10+. The van der Waals surface area contributed by atoms with Gasteiger partial charge in [0.15, 0.2) is 13.2 Å². The van der Waals surface area contributed by atoms with Crippen LogP contribution in [0.25, 0.3) is 12.2 Å². The van der Waals surface area contributed by atoms with E-state index in [-0.39, 0.29) is 13.1 Å². The average molecular weight is 549 g/mol. The average Bonchev–Trinajstić information content (AvgIpc) is 2.97. The van der Waals surface area contributed by atoms with Gasteiger partial charge in [0, 0.05) is 25.2 Å². The van der Waals surface area contributed by atoms with Gasteiger partial charge in [0.25, 0.3) is 11.8 Å². The summed E-state index contributed by atoms with van der Waals surface area (Å²) in [5.74, 6) is -1.07. The second-order valence-electron chi connectivity index (χ2n) is 7.92. The molecule has 0 aliphatic rings. The molecule has 0 aliphatic heterocycles. The number of hydrogen-bond donors (Lipinski definition) is 2. The lowest BCUT2D eigenvalue weighted by molar-refractivity contribution is -0.144. The lowest BCUT2D eigenvalue weighted by atomic mass is 10.2. The monoisotopic (exact) mass is 548 g/mol. The van der Waals surface area contributed by atoms with E-state index in [0.29, 0.717) is 24.7 Å². The molecule has 0 spiro atoms. The van der Waals surface area contributed by atoms with Crippen molar-refractivity contribution in [2.45, 2.75) is 0 Å². The van der Waals surface area contributed by atoms with E-state index < -0.39 is 37.0 Å². The molecule has 2 aromatic rings. The predicted molar refractivity (Wildman–Crippen MR) is 150 cm³/mol. The Hall–Kier alpha value is -5.12. The Kier molecular flexibility index (Phi) is 14.1. The van der Waals surface area contributed by atoms with Crippen molar-refractivity contribution in [2.75, 3.05) is 39.5 Å². The minimum atomic E-state index is -0.680. The minimum absolute atomic E-state index is 0.0958. The second-order valence-corrected chi connectivity index (χ2v) is 7.92. The van der Waals surface area contributed by atoms with Gasteiger partial charge in [0.2, 0.25) is 0 Å². The molecular formula is C30H32N2O8. The number of rotatable bonds is 17. The molecule has 10 heteroatoms. The van der Waals surface area contributed by atoms with Crippen LogP contribution in [0.15, 0.2) is 86.0 Å². The molecule has 0 atom stereocenters. The van der Waals surface area contributed by atoms with Crippen LogP contribution in [0.1, 0.15) is 11.1 Å². The molecule has 0 aromatic heterocycles. The summed E-state index contributed by atoms with van der Waals surface area (Å²) in [6.45, 7) is 7.20. The highest BCUT2D eigenvalue weighted by Gasteiger charge is 2.07. The van der Waals surface area contributed by atoms with E-state index in [9.17, 15) is 19.2 Å². The van der Waals surface area contributed by atoms with Crippen LogP contribution in [0.5, 0.6) is 11.5 Å². The molecule has 2 N–H and O–H groups in total. The molecule has 0 unspecified atom stereocenters. The number of carbonyl (C=O) groups is 4. The van der Waals surface area contributed by atoms with Crippen LogP contribution >= 0.6 is 0 Å². The summed E-state index contributed by atoms with van der Waals surface area (Å²) in [4.78, 5) is 47.3. The molecule has 2 aromatic carbocycles. The van der Waals surface area contributed by atoms with E-state index in [2.05, 4.69) is 23.8 Å². The molecule has 0 fully saturated rings. The maximum absolute atomic E-state index is 11.8. The normalized spacial score (nSPS) is 10.5. The lowest BCUT2D eigenvalue weighted by Crippen LogP contribution is -2.38. The van der Waals surface area contributed by atoms with Crippen molar-refractivity contribution in [3.8, 4) is 11.5 Å². The van der Waals surface area contributed by atoms with Gasteiger partial charge in [-0.3, -0.25) is 9.59 Å². The maximum atomic E-state index is 11.8. The lowest BCUT2D eigenvalue weighted by Gasteiger charge is -2.07. The summed E-state index contributed by atoms with van der Waals surface area (Å²) in [6, 6.07) is 14.1. The third kappa shape index (κ3) is 13.4. The van der Waals surface area contributed by atoms with E-state index in [1.165, 1.54) is 12.2 Å². The Morgan fingerprint density at radius 2 is 1.00 bits per heavy atom. The first kappa shape index (κ1) is 31.1. The SMILES string of the molecule is C=CCOc1ccc(/C=C/C(=O)OCC(=O)NCCNC(=O)COC(=O)/C=C/c2ccc(OCC=C)cc2)cc1. The van der Waals surface area contributed by atoms with Gasteiger partial charge in [-0.25, -0.2) is 9.59 Å². The van der Waals surface area contributed by atoms with E-state index in [1.54, 1.807) is 72.8 Å². The van der Waals surface area contributed by atoms with E-state index >= 15 is 0 Å². The van der Waals surface area contributed by atoms with Crippen molar-refractivity contribution in [3.63, 3.8) is 0 Å². The second kappa shape index (κ2) is 18.2. The topological polar surface area (TPSA) is 129 Å². The smallest absolute Gasteiger partial charge is 0.331 e. The third-order valence-electron chi connectivity index (χ3n) is 4.78. The summed E-state index contributed by atoms with van der Waals surface area (Å²) < 4.78 is 20.5. The Labute approximate surface area is 232 Å². The number of esters is 2. The molecule has 0 saturated heterocycles. The molecule has 0 saturated carbocycles. The summed E-state index contributed by atoms with van der Waals surface area (Å²) in [5.41, 5.74) is 1.51. The molecule has 0 radical (unpaired) electrons. The van der Waals surface area contributed by atoms with Gasteiger partial charge in [0.05, 0.1) is 0 Å². The zero-order valence-corrected chi connectivity index (χ0v) is 22.0. The molecule has 2 amide bonds. The number of amides is 2. The van der Waals surface area contributed by atoms with Crippen LogP contribution < -0.4 is 20.1 Å². The molecule has 210 valence electrons. The first-order chi connectivity index (χ1) is 19.4. The van der Waals surface area contributed by atoms with Crippen LogP contribution in [-0.4, -0.2) is 63.3 Å². The highest BCUT2D eigenvalue weighted by Crippen LogP contribution is 2.14. The Morgan fingerprint density at radius 1 is 0.625 bits per heavy atom. The fourth-order valence-electron chi connectivity index (χ4n) is 2.86. The largest absolute Gasteiger partial charge is 0.490 e. The maximum Gasteiger partial charge on any atom is 0.331 e. The quantitative estimate of drug-likeness (QED) is 0.134. The third-order valence-corrected chi connectivity index (χ3v) is 4.78. The molecule has 0 bridgehead atoms. The zero-order valence-electron chi connectivity index (χ0n) is 22.0. The fourth-order valence-corrected chi connectivity index (χ4v) is 2.86. The zero-order chi connectivity index (χ0) is 29.0. The fraction of sp³-hybridized carbons (Fsp3) is 0.200. The van der Waals surface area contributed by atoms with Crippen LogP contribution in [0.2, 0.25) is 0 Å². The van der Waals surface area contributed by atoms with Crippen molar-refractivity contribution < 1.29 is 38.1 Å². The van der Waals surface area contributed by atoms with Gasteiger partial charge < -0.3 is 29.6 Å². The minimum Gasteiger partial charge on any atom is -0.490 e. The van der Waals surface area contributed by atoms with Gasteiger partial charge in [-0.1, -0.05) is 49.6 Å². The van der Waals surface area contributed by atoms with E-state index in [0.717, 1.165) is 11.1 Å². The summed E-state index contributed by atoms with van der Waals surface area (Å²) in [7, 11) is 0. The first-order valence-electron chi connectivity index (χ1n) is 12.3. The highest BCUT2D eigenvalue weighted by atomic mass is 16.5. The van der Waals surface area contributed by atoms with Crippen LogP contribution in [-0.2, 0) is 28.7 Å². The van der Waals surface area contributed by atoms with Crippen molar-refractivity contribution in [1.29, 1.82) is 0 Å². The predicted octanol–water partition coefficient (Wildman–Crippen LogP) is 2.86. The van der Waals surface area contributed by atoms with Crippen LogP contribution in [0.4, 0.5) is 0 Å². The van der Waals surface area contributed by atoms with Crippen LogP contribution in [0.3, 0.4) is 0 Å². The molecule has 2 rings (SSSR count). The number of carbonyl (C=O) groups excluding carboxylic acids is 4. The van der Waals surface area contributed by atoms with Gasteiger partial charge in [-0.2, -0.15) is 0 Å². The highest BCUT2D eigenvalue weighted by molar-refractivity contribution is 5.90. The first-order valence-corrected chi connectivity index (χ1v) is 12.3. The van der Waals surface area contributed by atoms with Crippen molar-refractivity contribution >= 4 is 35.9 Å². The Morgan fingerprint density at radius 3 is 1.35 bits per heavy atom. The molecule has 0 aliphatic carbocycles. The molecule has 10 nitrogen and oxygen atoms in total. The summed E-state index contributed by atoms with van der Waals surface area (Å²) in [6.07, 6.45) is 8.79. The van der Waals surface area contributed by atoms with E-state index in [4.69, 9.17) is 18.9 Å². The van der Waals surface area contributed by atoms with E-state index in [1.807, 2.05) is 0 Å². The Balaban J connectivity index is 1.55. The van der Waals surface area contributed by atoms with Crippen molar-refractivity contribution in [1.82, 2.24) is 10.6 Å². The number of nitrogens with one attached hydrogen (secondary N) is 2. The summed E-state index contributed by atoms with van der Waals surface area (Å²) >= 11 is 0. The number of hydrogen-bond acceptors (Lipinski definition) is 8. The molecule has 0 heterocycles. The van der Waals surface area contributed by atoms with Gasteiger partial charge >= 0.3 is 11.9 Å². The summed E-state index contributed by atoms with van der Waals surface area (Å²) in [5, 5.41) is 5.00.